The average molecular weight is 350 g/mol. The highest BCUT2D eigenvalue weighted by molar-refractivity contribution is 5.04. The lowest BCUT2D eigenvalue weighted by atomic mass is 9.78. The zero-order valence-corrected chi connectivity index (χ0v) is 16.8. The van der Waals surface area contributed by atoms with Crippen molar-refractivity contribution in [2.24, 2.45) is 11.8 Å². The molecule has 0 aromatic heterocycles. The van der Waals surface area contributed by atoms with Gasteiger partial charge < -0.3 is 5.11 Å². The lowest BCUT2D eigenvalue weighted by molar-refractivity contribution is -0.0719. The second-order valence-corrected chi connectivity index (χ2v) is 9.23. The van der Waals surface area contributed by atoms with Gasteiger partial charge in [-0.2, -0.15) is 0 Å². The molecule has 25 heavy (non-hydrogen) atoms. The number of unbranched alkanes of at least 4 members (excludes halogenated alkanes) is 9. The number of rotatable bonds is 11. The van der Waals surface area contributed by atoms with Gasteiger partial charge in [-0.1, -0.05) is 77.6 Å². The number of piperidine rings is 1. The third-order valence-corrected chi connectivity index (χ3v) is 7.56. The van der Waals surface area contributed by atoms with E-state index < -0.39 is 0 Å². The Bertz CT molecular complexity index is 349. The predicted octanol–water partition coefficient (Wildman–Crippen LogP) is 5.92. The third kappa shape index (κ3) is 5.01. The molecule has 2 saturated carbocycles. The molecule has 2 nitrogen and oxygen atoms in total. The molecule has 0 radical (unpaired) electrons. The monoisotopic (exact) mass is 349 g/mol. The van der Waals surface area contributed by atoms with Crippen molar-refractivity contribution < 1.29 is 5.11 Å². The summed E-state index contributed by atoms with van der Waals surface area (Å²) in [6, 6.07) is 1.43. The molecule has 0 aromatic rings. The van der Waals surface area contributed by atoms with Gasteiger partial charge in [-0.3, -0.25) is 4.90 Å². The Labute approximate surface area is 156 Å². The van der Waals surface area contributed by atoms with Crippen molar-refractivity contribution in [3.8, 4) is 0 Å². The van der Waals surface area contributed by atoms with Crippen molar-refractivity contribution in [3.05, 3.63) is 0 Å². The molecular formula is C23H43NO. The highest BCUT2D eigenvalue weighted by Gasteiger charge is 2.50. The number of likely N-dealkylation sites (tertiary alicyclic amines) is 1. The van der Waals surface area contributed by atoms with Gasteiger partial charge in [0.1, 0.15) is 0 Å². The van der Waals surface area contributed by atoms with E-state index >= 15 is 0 Å². The topological polar surface area (TPSA) is 23.5 Å². The molecule has 146 valence electrons. The maximum absolute atomic E-state index is 10.8. The van der Waals surface area contributed by atoms with Gasteiger partial charge in [0.15, 0.2) is 0 Å². The molecule has 3 rings (SSSR count). The number of hydrogen-bond acceptors (Lipinski definition) is 2. The van der Waals surface area contributed by atoms with Crippen LogP contribution in [0.2, 0.25) is 0 Å². The van der Waals surface area contributed by atoms with E-state index in [1.54, 1.807) is 0 Å². The standard InChI is InChI=1S/C23H43NO/c1-2-3-4-5-6-7-8-9-10-11-18-24-21-16-12-14-19(21)23(25)20-15-13-17-22(20)24/h19-23,25H,2-18H2,1H3. The lowest BCUT2D eigenvalue weighted by Crippen LogP contribution is -2.57. The first-order chi connectivity index (χ1) is 12.3. The zero-order valence-electron chi connectivity index (χ0n) is 16.8. The van der Waals surface area contributed by atoms with Crippen molar-refractivity contribution in [1.29, 1.82) is 0 Å². The highest BCUT2D eigenvalue weighted by Crippen LogP contribution is 2.47. The van der Waals surface area contributed by atoms with Crippen LogP contribution in [0.4, 0.5) is 0 Å². The van der Waals surface area contributed by atoms with Gasteiger partial charge in [0.2, 0.25) is 0 Å². The molecule has 3 fully saturated rings. The molecule has 0 bridgehead atoms. The molecular weight excluding hydrogens is 306 g/mol. The van der Waals surface area contributed by atoms with E-state index in [-0.39, 0.29) is 6.10 Å². The fourth-order valence-corrected chi connectivity index (χ4v) is 6.24. The maximum atomic E-state index is 10.8. The first kappa shape index (κ1) is 19.7. The largest absolute Gasteiger partial charge is 0.392 e. The van der Waals surface area contributed by atoms with Gasteiger partial charge in [0.25, 0.3) is 0 Å². The Kier molecular flexibility index (Phi) is 8.11. The van der Waals surface area contributed by atoms with Crippen molar-refractivity contribution in [2.45, 2.75) is 128 Å². The summed E-state index contributed by atoms with van der Waals surface area (Å²) in [6.45, 7) is 3.61. The fraction of sp³-hybridized carbons (Fsp3) is 1.00. The second kappa shape index (κ2) is 10.3. The van der Waals surface area contributed by atoms with Crippen molar-refractivity contribution >= 4 is 0 Å². The van der Waals surface area contributed by atoms with Crippen LogP contribution in [0.3, 0.4) is 0 Å². The molecule has 2 aliphatic carbocycles. The van der Waals surface area contributed by atoms with Gasteiger partial charge in [-0.05, 0) is 38.6 Å². The quantitative estimate of drug-likeness (QED) is 0.468. The van der Waals surface area contributed by atoms with Crippen molar-refractivity contribution in [1.82, 2.24) is 4.90 Å². The molecule has 1 heterocycles. The second-order valence-electron chi connectivity index (χ2n) is 9.23. The molecule has 1 N–H and O–H groups in total. The average Bonchev–Trinajstić information content (AvgIpc) is 3.29. The fourth-order valence-electron chi connectivity index (χ4n) is 6.24. The van der Waals surface area contributed by atoms with Gasteiger partial charge in [0.05, 0.1) is 6.10 Å². The maximum Gasteiger partial charge on any atom is 0.0626 e. The predicted molar refractivity (Wildman–Crippen MR) is 107 cm³/mol. The first-order valence-corrected chi connectivity index (χ1v) is 11.8. The van der Waals surface area contributed by atoms with Crippen LogP contribution < -0.4 is 0 Å². The Morgan fingerprint density at radius 1 is 0.680 bits per heavy atom. The summed E-state index contributed by atoms with van der Waals surface area (Å²) in [4.78, 5) is 2.88. The normalized spacial score (nSPS) is 35.0. The van der Waals surface area contributed by atoms with Gasteiger partial charge in [-0.15, -0.1) is 0 Å². The number of fused-ring (bicyclic) bond motifs is 2. The summed E-state index contributed by atoms with van der Waals surface area (Å²) in [5.41, 5.74) is 0. The molecule has 4 atom stereocenters. The molecule has 1 saturated heterocycles. The zero-order chi connectivity index (χ0) is 17.5. The minimum absolute atomic E-state index is 0.0176. The number of nitrogens with zero attached hydrogens (tertiary/aromatic N) is 1. The number of aliphatic hydroxyl groups excluding tert-OH is 1. The SMILES string of the molecule is CCCCCCCCCCCCN1C2CCCC2C(O)C2CCCC21. The molecule has 3 aliphatic rings. The van der Waals surface area contributed by atoms with Crippen LogP contribution in [0.25, 0.3) is 0 Å². The van der Waals surface area contributed by atoms with Crippen LogP contribution in [-0.4, -0.2) is 34.7 Å². The van der Waals surface area contributed by atoms with E-state index in [4.69, 9.17) is 0 Å². The van der Waals surface area contributed by atoms with Gasteiger partial charge >= 0.3 is 0 Å². The Morgan fingerprint density at radius 2 is 1.16 bits per heavy atom. The van der Waals surface area contributed by atoms with E-state index in [2.05, 4.69) is 11.8 Å². The number of hydrogen-bond donors (Lipinski definition) is 1. The van der Waals surface area contributed by atoms with Crippen LogP contribution in [0.1, 0.15) is 110 Å². The summed E-state index contributed by atoms with van der Waals surface area (Å²) in [5, 5.41) is 10.8. The summed E-state index contributed by atoms with van der Waals surface area (Å²) < 4.78 is 0. The minimum Gasteiger partial charge on any atom is -0.392 e. The summed E-state index contributed by atoms with van der Waals surface area (Å²) in [6.07, 6.45) is 22.3. The van der Waals surface area contributed by atoms with E-state index in [1.165, 1.54) is 109 Å². The molecule has 0 spiro atoms. The van der Waals surface area contributed by atoms with E-state index in [0.29, 0.717) is 23.9 Å². The summed E-state index contributed by atoms with van der Waals surface area (Å²) >= 11 is 0. The molecule has 4 unspecified atom stereocenters. The molecule has 2 heteroatoms. The van der Waals surface area contributed by atoms with Gasteiger partial charge in [0, 0.05) is 23.9 Å². The lowest BCUT2D eigenvalue weighted by Gasteiger charge is -2.48. The molecule has 0 aromatic carbocycles. The van der Waals surface area contributed by atoms with Crippen LogP contribution in [0.5, 0.6) is 0 Å². The highest BCUT2D eigenvalue weighted by atomic mass is 16.3. The van der Waals surface area contributed by atoms with Crippen LogP contribution in [-0.2, 0) is 0 Å². The van der Waals surface area contributed by atoms with Crippen LogP contribution in [0, 0.1) is 11.8 Å². The first-order valence-electron chi connectivity index (χ1n) is 11.8. The smallest absolute Gasteiger partial charge is 0.0626 e. The Morgan fingerprint density at radius 3 is 1.68 bits per heavy atom. The van der Waals surface area contributed by atoms with Crippen LogP contribution >= 0.6 is 0 Å². The van der Waals surface area contributed by atoms with E-state index in [9.17, 15) is 5.11 Å². The minimum atomic E-state index is 0.0176. The Hall–Kier alpha value is -0.0800. The number of aliphatic hydroxyl groups is 1. The summed E-state index contributed by atoms with van der Waals surface area (Å²) in [7, 11) is 0. The summed E-state index contributed by atoms with van der Waals surface area (Å²) in [5.74, 6) is 1.20. The third-order valence-electron chi connectivity index (χ3n) is 7.56. The van der Waals surface area contributed by atoms with E-state index in [1.807, 2.05) is 0 Å². The molecule has 1 aliphatic heterocycles. The van der Waals surface area contributed by atoms with Crippen LogP contribution in [0.15, 0.2) is 0 Å². The Balaban J connectivity index is 1.32. The van der Waals surface area contributed by atoms with E-state index in [0.717, 1.165) is 0 Å². The molecule has 0 amide bonds. The van der Waals surface area contributed by atoms with Gasteiger partial charge in [-0.25, -0.2) is 0 Å². The van der Waals surface area contributed by atoms with Crippen molar-refractivity contribution in [3.63, 3.8) is 0 Å². The van der Waals surface area contributed by atoms with Crippen molar-refractivity contribution in [2.75, 3.05) is 6.54 Å².